The second kappa shape index (κ2) is 10.7. The Bertz CT molecular complexity index is 1940. The first-order chi connectivity index (χ1) is 20.3. The van der Waals surface area contributed by atoms with Gasteiger partial charge in [-0.05, 0) is 23.1 Å². The SMILES string of the molecule is CCc1nc(-c2ccccc2)c(-c2ccccc2)n1-c1cccc2c(-c3ccc(-c4ccccc4)nc3)cccc12. The Morgan fingerprint density at radius 2 is 1.17 bits per heavy atom. The number of nitrogens with zero attached hydrogens (tertiary/aromatic N) is 3. The van der Waals surface area contributed by atoms with E-state index in [1.165, 1.54) is 16.3 Å². The maximum absolute atomic E-state index is 5.23. The Kier molecular flexibility index (Phi) is 6.46. The van der Waals surface area contributed by atoms with E-state index >= 15 is 0 Å². The quantitative estimate of drug-likeness (QED) is 0.215. The van der Waals surface area contributed by atoms with Crippen LogP contribution in [0.3, 0.4) is 0 Å². The molecule has 3 heteroatoms. The molecule has 0 unspecified atom stereocenters. The zero-order valence-corrected chi connectivity index (χ0v) is 22.9. The van der Waals surface area contributed by atoms with Gasteiger partial charge in [0.25, 0.3) is 0 Å². The summed E-state index contributed by atoms with van der Waals surface area (Å²) in [7, 11) is 0. The zero-order chi connectivity index (χ0) is 27.6. The van der Waals surface area contributed by atoms with Gasteiger partial charge in [0.15, 0.2) is 0 Å². The molecule has 0 amide bonds. The van der Waals surface area contributed by atoms with Crippen LogP contribution in [0.4, 0.5) is 0 Å². The number of aromatic nitrogens is 3. The highest BCUT2D eigenvalue weighted by Crippen LogP contribution is 2.39. The van der Waals surface area contributed by atoms with E-state index in [-0.39, 0.29) is 0 Å². The summed E-state index contributed by atoms with van der Waals surface area (Å²) in [5.74, 6) is 1.04. The van der Waals surface area contributed by atoms with Crippen molar-refractivity contribution < 1.29 is 0 Å². The summed E-state index contributed by atoms with van der Waals surface area (Å²) in [4.78, 5) is 10.0. The molecular formula is C38H29N3. The van der Waals surface area contributed by atoms with Crippen molar-refractivity contribution in [3.8, 4) is 50.6 Å². The lowest BCUT2D eigenvalue weighted by Crippen LogP contribution is -2.03. The van der Waals surface area contributed by atoms with Crippen molar-refractivity contribution in [3.63, 3.8) is 0 Å². The monoisotopic (exact) mass is 527 g/mol. The fourth-order valence-corrected chi connectivity index (χ4v) is 5.70. The third-order valence-corrected chi connectivity index (χ3v) is 7.64. The molecule has 0 aliphatic heterocycles. The van der Waals surface area contributed by atoms with Gasteiger partial charge in [-0.1, -0.05) is 134 Å². The zero-order valence-electron chi connectivity index (χ0n) is 22.9. The molecule has 0 saturated heterocycles. The lowest BCUT2D eigenvalue weighted by Gasteiger charge is -2.17. The summed E-state index contributed by atoms with van der Waals surface area (Å²) in [6.07, 6.45) is 2.80. The molecule has 3 nitrogen and oxygen atoms in total. The van der Waals surface area contributed by atoms with E-state index in [0.29, 0.717) is 0 Å². The number of hydrogen-bond donors (Lipinski definition) is 0. The van der Waals surface area contributed by atoms with Crippen LogP contribution in [0.2, 0.25) is 0 Å². The standard InChI is InChI=1S/C38H29N3/c1-2-36-40-37(28-16-8-4-9-17-28)38(29-18-10-5-11-19-29)41(36)35-23-13-21-32-31(20-12-22-33(32)35)30-24-25-34(39-26-30)27-14-6-3-7-15-27/h3-26H,2H2,1H3. The first-order valence-electron chi connectivity index (χ1n) is 14.1. The fraction of sp³-hybridized carbons (Fsp3) is 0.0526. The van der Waals surface area contributed by atoms with Crippen LogP contribution in [0.5, 0.6) is 0 Å². The van der Waals surface area contributed by atoms with Crippen LogP contribution >= 0.6 is 0 Å². The van der Waals surface area contributed by atoms with E-state index < -0.39 is 0 Å². The fourth-order valence-electron chi connectivity index (χ4n) is 5.70. The van der Waals surface area contributed by atoms with Gasteiger partial charge < -0.3 is 0 Å². The van der Waals surface area contributed by atoms with Gasteiger partial charge in [0.1, 0.15) is 5.82 Å². The maximum Gasteiger partial charge on any atom is 0.114 e. The van der Waals surface area contributed by atoms with Crippen molar-refractivity contribution >= 4 is 10.8 Å². The van der Waals surface area contributed by atoms with Crippen LogP contribution < -0.4 is 0 Å². The predicted octanol–water partition coefficient (Wildman–Crippen LogP) is 9.65. The molecule has 0 aliphatic carbocycles. The summed E-state index contributed by atoms with van der Waals surface area (Å²) in [5.41, 5.74) is 9.86. The average Bonchev–Trinajstić information content (AvgIpc) is 3.45. The second-order valence-corrected chi connectivity index (χ2v) is 10.1. The largest absolute Gasteiger partial charge is 0.295 e. The minimum absolute atomic E-state index is 0.813. The van der Waals surface area contributed by atoms with Crippen LogP contribution in [0.1, 0.15) is 12.7 Å². The molecule has 7 aromatic rings. The van der Waals surface area contributed by atoms with Crippen LogP contribution in [0.25, 0.3) is 61.4 Å². The summed E-state index contributed by atoms with van der Waals surface area (Å²) in [6, 6.07) is 48.8. The number of fused-ring (bicyclic) bond motifs is 1. The topological polar surface area (TPSA) is 30.7 Å². The van der Waals surface area contributed by atoms with Crippen molar-refractivity contribution in [2.45, 2.75) is 13.3 Å². The third-order valence-electron chi connectivity index (χ3n) is 7.64. The van der Waals surface area contributed by atoms with Crippen molar-refractivity contribution in [2.24, 2.45) is 0 Å². The van der Waals surface area contributed by atoms with Crippen LogP contribution in [-0.4, -0.2) is 14.5 Å². The minimum Gasteiger partial charge on any atom is -0.295 e. The first kappa shape index (κ1) is 24.7. The molecule has 2 aromatic heterocycles. The Balaban J connectivity index is 1.43. The van der Waals surface area contributed by atoms with Gasteiger partial charge in [-0.25, -0.2) is 4.98 Å². The van der Waals surface area contributed by atoms with Gasteiger partial charge in [0.05, 0.1) is 22.8 Å². The average molecular weight is 528 g/mol. The lowest BCUT2D eigenvalue weighted by atomic mass is 9.97. The van der Waals surface area contributed by atoms with Crippen molar-refractivity contribution in [1.82, 2.24) is 14.5 Å². The van der Waals surface area contributed by atoms with Crippen LogP contribution in [0, 0.1) is 0 Å². The highest BCUT2D eigenvalue weighted by Gasteiger charge is 2.22. The number of aryl methyl sites for hydroxylation is 1. The highest BCUT2D eigenvalue weighted by atomic mass is 15.1. The van der Waals surface area contributed by atoms with Gasteiger partial charge >= 0.3 is 0 Å². The van der Waals surface area contributed by atoms with Crippen molar-refractivity contribution in [3.05, 3.63) is 152 Å². The number of benzene rings is 5. The van der Waals surface area contributed by atoms with E-state index in [1.54, 1.807) is 0 Å². The van der Waals surface area contributed by atoms with E-state index in [2.05, 4.69) is 133 Å². The molecule has 41 heavy (non-hydrogen) atoms. The molecule has 0 bridgehead atoms. The summed E-state index contributed by atoms with van der Waals surface area (Å²) >= 11 is 0. The highest BCUT2D eigenvalue weighted by molar-refractivity contribution is 6.01. The van der Waals surface area contributed by atoms with Gasteiger partial charge in [-0.2, -0.15) is 0 Å². The Hall–Kier alpha value is -5.28. The molecule has 0 radical (unpaired) electrons. The number of hydrogen-bond acceptors (Lipinski definition) is 2. The molecule has 0 atom stereocenters. The van der Waals surface area contributed by atoms with E-state index in [0.717, 1.165) is 57.3 Å². The van der Waals surface area contributed by atoms with Crippen LogP contribution in [0.15, 0.2) is 146 Å². The molecule has 0 aliphatic rings. The normalized spacial score (nSPS) is 11.1. The van der Waals surface area contributed by atoms with Gasteiger partial charge in [0.2, 0.25) is 0 Å². The molecule has 2 heterocycles. The molecule has 196 valence electrons. The third kappa shape index (κ3) is 4.52. The van der Waals surface area contributed by atoms with E-state index in [4.69, 9.17) is 9.97 Å². The lowest BCUT2D eigenvalue weighted by molar-refractivity contribution is 0.900. The molecule has 0 N–H and O–H groups in total. The predicted molar refractivity (Wildman–Crippen MR) is 170 cm³/mol. The smallest absolute Gasteiger partial charge is 0.114 e. The number of imidazole rings is 1. The van der Waals surface area contributed by atoms with Crippen LogP contribution in [-0.2, 0) is 6.42 Å². The molecule has 0 fully saturated rings. The molecule has 5 aromatic carbocycles. The Morgan fingerprint density at radius 3 is 1.83 bits per heavy atom. The molecule has 0 saturated carbocycles. The number of rotatable bonds is 6. The summed E-state index contributed by atoms with van der Waals surface area (Å²) in [6.45, 7) is 2.18. The van der Waals surface area contributed by atoms with Gasteiger partial charge in [-0.15, -0.1) is 0 Å². The van der Waals surface area contributed by atoms with E-state index in [9.17, 15) is 0 Å². The summed E-state index contributed by atoms with van der Waals surface area (Å²) in [5, 5.41) is 2.37. The Labute approximate surface area is 240 Å². The van der Waals surface area contributed by atoms with Crippen molar-refractivity contribution in [1.29, 1.82) is 0 Å². The maximum atomic E-state index is 5.23. The Morgan fingerprint density at radius 1 is 0.537 bits per heavy atom. The summed E-state index contributed by atoms with van der Waals surface area (Å²) < 4.78 is 2.36. The van der Waals surface area contributed by atoms with Gasteiger partial charge in [0, 0.05) is 40.3 Å². The minimum atomic E-state index is 0.813. The van der Waals surface area contributed by atoms with Gasteiger partial charge in [-0.3, -0.25) is 9.55 Å². The molecular weight excluding hydrogens is 498 g/mol. The van der Waals surface area contributed by atoms with Crippen molar-refractivity contribution in [2.75, 3.05) is 0 Å². The molecule has 7 rings (SSSR count). The number of pyridine rings is 1. The first-order valence-corrected chi connectivity index (χ1v) is 14.1. The molecule has 0 spiro atoms. The van der Waals surface area contributed by atoms with E-state index in [1.807, 2.05) is 24.4 Å². The second-order valence-electron chi connectivity index (χ2n) is 10.1.